The number of methoxy groups -OCH3 is 1. The highest BCUT2D eigenvalue weighted by molar-refractivity contribution is 5.94. The molecule has 0 amide bonds. The maximum absolute atomic E-state index is 12.1. The molecule has 0 aliphatic rings. The van der Waals surface area contributed by atoms with Crippen molar-refractivity contribution in [3.63, 3.8) is 0 Å². The van der Waals surface area contributed by atoms with E-state index in [1.165, 1.54) is 0 Å². The van der Waals surface area contributed by atoms with E-state index in [0.29, 0.717) is 0 Å². The van der Waals surface area contributed by atoms with Crippen LogP contribution in [0.3, 0.4) is 0 Å². The summed E-state index contributed by atoms with van der Waals surface area (Å²) in [5.74, 6) is 0.159. The standard InChI is InChI=1S/C15H29NO2/c1-14(2,3)12(16-9-8-10-18-7)11-13(17)15(4,5)6/h11,16H,8-10H2,1-7H3/b12-11-. The van der Waals surface area contributed by atoms with Gasteiger partial charge in [0.25, 0.3) is 0 Å². The van der Waals surface area contributed by atoms with Gasteiger partial charge in [0.15, 0.2) is 5.78 Å². The number of hydrogen-bond acceptors (Lipinski definition) is 3. The second-order valence-electron chi connectivity index (χ2n) is 6.70. The van der Waals surface area contributed by atoms with Gasteiger partial charge in [-0.15, -0.1) is 0 Å². The number of hydrogen-bond donors (Lipinski definition) is 1. The summed E-state index contributed by atoms with van der Waals surface area (Å²) in [6, 6.07) is 0. The van der Waals surface area contributed by atoms with Gasteiger partial charge in [-0.25, -0.2) is 0 Å². The van der Waals surface area contributed by atoms with E-state index in [4.69, 9.17) is 4.74 Å². The topological polar surface area (TPSA) is 38.3 Å². The summed E-state index contributed by atoms with van der Waals surface area (Å²) >= 11 is 0. The van der Waals surface area contributed by atoms with Crippen LogP contribution >= 0.6 is 0 Å². The molecule has 0 saturated heterocycles. The molecule has 0 spiro atoms. The highest BCUT2D eigenvalue weighted by Gasteiger charge is 2.23. The summed E-state index contributed by atoms with van der Waals surface area (Å²) in [7, 11) is 1.70. The van der Waals surface area contributed by atoms with Crippen LogP contribution in [0.2, 0.25) is 0 Å². The van der Waals surface area contributed by atoms with Crippen molar-refractivity contribution in [2.45, 2.75) is 48.0 Å². The lowest BCUT2D eigenvalue weighted by atomic mass is 9.85. The van der Waals surface area contributed by atoms with Crippen LogP contribution in [0.5, 0.6) is 0 Å². The van der Waals surface area contributed by atoms with Gasteiger partial charge in [0.1, 0.15) is 0 Å². The normalized spacial score (nSPS) is 13.6. The lowest BCUT2D eigenvalue weighted by Crippen LogP contribution is -2.29. The maximum Gasteiger partial charge on any atom is 0.162 e. The molecule has 3 heteroatoms. The number of carbonyl (C=O) groups excluding carboxylic acids is 1. The van der Waals surface area contributed by atoms with Crippen molar-refractivity contribution < 1.29 is 9.53 Å². The second-order valence-corrected chi connectivity index (χ2v) is 6.70. The fourth-order valence-electron chi connectivity index (χ4n) is 1.32. The Bertz CT molecular complexity index is 293. The minimum atomic E-state index is -0.329. The summed E-state index contributed by atoms with van der Waals surface area (Å²) in [5.41, 5.74) is 0.622. The first-order valence-corrected chi connectivity index (χ1v) is 6.58. The zero-order valence-electron chi connectivity index (χ0n) is 13.0. The molecule has 18 heavy (non-hydrogen) atoms. The monoisotopic (exact) mass is 255 g/mol. The molecule has 0 unspecified atom stereocenters. The van der Waals surface area contributed by atoms with Crippen molar-refractivity contribution in [2.75, 3.05) is 20.3 Å². The van der Waals surface area contributed by atoms with Crippen LogP contribution in [-0.2, 0) is 9.53 Å². The Kier molecular flexibility index (Phi) is 6.61. The lowest BCUT2D eigenvalue weighted by molar-refractivity contribution is -0.121. The Morgan fingerprint density at radius 2 is 1.67 bits per heavy atom. The molecule has 0 aromatic carbocycles. The van der Waals surface area contributed by atoms with Gasteiger partial charge < -0.3 is 10.1 Å². The van der Waals surface area contributed by atoms with E-state index in [1.807, 2.05) is 20.8 Å². The molecule has 0 bridgehead atoms. The van der Waals surface area contributed by atoms with Crippen LogP contribution in [-0.4, -0.2) is 26.0 Å². The molecule has 0 aromatic rings. The molecule has 106 valence electrons. The molecule has 3 nitrogen and oxygen atoms in total. The lowest BCUT2D eigenvalue weighted by Gasteiger charge is -2.26. The third-order valence-electron chi connectivity index (χ3n) is 2.66. The summed E-state index contributed by atoms with van der Waals surface area (Å²) in [5, 5.41) is 3.36. The number of rotatable bonds is 6. The predicted octanol–water partition coefficient (Wildman–Crippen LogP) is 3.16. The van der Waals surface area contributed by atoms with Gasteiger partial charge >= 0.3 is 0 Å². The van der Waals surface area contributed by atoms with E-state index in [-0.39, 0.29) is 16.6 Å². The van der Waals surface area contributed by atoms with E-state index in [1.54, 1.807) is 13.2 Å². The average molecular weight is 255 g/mol. The first-order chi connectivity index (χ1) is 8.09. The minimum Gasteiger partial charge on any atom is -0.388 e. The predicted molar refractivity (Wildman–Crippen MR) is 76.5 cm³/mol. The molecule has 0 radical (unpaired) electrons. The van der Waals surface area contributed by atoms with Crippen molar-refractivity contribution in [2.24, 2.45) is 10.8 Å². The fourth-order valence-corrected chi connectivity index (χ4v) is 1.32. The minimum absolute atomic E-state index is 0.0476. The number of carbonyl (C=O) groups is 1. The van der Waals surface area contributed by atoms with E-state index < -0.39 is 0 Å². The zero-order chi connectivity index (χ0) is 14.4. The largest absolute Gasteiger partial charge is 0.388 e. The molecule has 0 aliphatic carbocycles. The van der Waals surface area contributed by atoms with Gasteiger partial charge in [0.05, 0.1) is 0 Å². The SMILES string of the molecule is COCCCN/C(=C\C(=O)C(C)(C)C)C(C)(C)C. The van der Waals surface area contributed by atoms with Crippen LogP contribution in [0.1, 0.15) is 48.0 Å². The van der Waals surface area contributed by atoms with Crippen molar-refractivity contribution in [3.05, 3.63) is 11.8 Å². The van der Waals surface area contributed by atoms with Gasteiger partial charge in [-0.2, -0.15) is 0 Å². The zero-order valence-corrected chi connectivity index (χ0v) is 13.0. The molecule has 0 fully saturated rings. The summed E-state index contributed by atoms with van der Waals surface area (Å²) in [6.07, 6.45) is 2.69. The second kappa shape index (κ2) is 6.93. The molecular weight excluding hydrogens is 226 g/mol. The quantitative estimate of drug-likeness (QED) is 0.585. The Morgan fingerprint density at radius 3 is 2.06 bits per heavy atom. The molecule has 1 N–H and O–H groups in total. The molecule has 0 aromatic heterocycles. The highest BCUT2D eigenvalue weighted by atomic mass is 16.5. The van der Waals surface area contributed by atoms with E-state index >= 15 is 0 Å². The highest BCUT2D eigenvalue weighted by Crippen LogP contribution is 2.25. The maximum atomic E-state index is 12.1. The van der Waals surface area contributed by atoms with Crippen LogP contribution in [0.4, 0.5) is 0 Å². The Balaban J connectivity index is 4.70. The number of nitrogens with one attached hydrogen (secondary N) is 1. The first kappa shape index (κ1) is 17.2. The third kappa shape index (κ3) is 6.80. The fraction of sp³-hybridized carbons (Fsp3) is 0.800. The summed E-state index contributed by atoms with van der Waals surface area (Å²) in [4.78, 5) is 12.1. The van der Waals surface area contributed by atoms with E-state index in [2.05, 4.69) is 26.1 Å². The van der Waals surface area contributed by atoms with E-state index in [9.17, 15) is 4.79 Å². The first-order valence-electron chi connectivity index (χ1n) is 6.58. The Morgan fingerprint density at radius 1 is 1.11 bits per heavy atom. The van der Waals surface area contributed by atoms with Gasteiger partial charge in [0, 0.05) is 42.9 Å². The number of ether oxygens (including phenoxy) is 1. The van der Waals surface area contributed by atoms with Crippen LogP contribution < -0.4 is 5.32 Å². The van der Waals surface area contributed by atoms with Crippen LogP contribution in [0, 0.1) is 10.8 Å². The molecule has 0 heterocycles. The average Bonchev–Trinajstić information content (AvgIpc) is 2.19. The van der Waals surface area contributed by atoms with Crippen LogP contribution in [0.25, 0.3) is 0 Å². The van der Waals surface area contributed by atoms with Crippen molar-refractivity contribution in [1.29, 1.82) is 0 Å². The number of allylic oxidation sites excluding steroid dienone is 2. The van der Waals surface area contributed by atoms with Gasteiger partial charge in [-0.1, -0.05) is 41.5 Å². The third-order valence-corrected chi connectivity index (χ3v) is 2.66. The smallest absolute Gasteiger partial charge is 0.162 e. The van der Waals surface area contributed by atoms with Crippen LogP contribution in [0.15, 0.2) is 11.8 Å². The molecule has 0 atom stereocenters. The van der Waals surface area contributed by atoms with Crippen molar-refractivity contribution >= 4 is 5.78 Å². The summed E-state index contributed by atoms with van der Waals surface area (Å²) < 4.78 is 5.02. The summed E-state index contributed by atoms with van der Waals surface area (Å²) in [6.45, 7) is 13.7. The molecule has 0 aliphatic heterocycles. The molecule has 0 saturated carbocycles. The van der Waals surface area contributed by atoms with Crippen molar-refractivity contribution in [3.8, 4) is 0 Å². The van der Waals surface area contributed by atoms with Gasteiger partial charge in [-0.05, 0) is 6.42 Å². The van der Waals surface area contributed by atoms with Crippen molar-refractivity contribution in [1.82, 2.24) is 5.32 Å². The number of ketones is 1. The van der Waals surface area contributed by atoms with Gasteiger partial charge in [0.2, 0.25) is 0 Å². The van der Waals surface area contributed by atoms with Gasteiger partial charge in [-0.3, -0.25) is 4.79 Å². The molecular formula is C15H29NO2. The molecule has 0 rings (SSSR count). The Labute approximate surface area is 112 Å². The van der Waals surface area contributed by atoms with E-state index in [0.717, 1.165) is 25.3 Å². The Hall–Kier alpha value is -0.830.